The molecule has 7 heteroatoms. The Morgan fingerprint density at radius 1 is 1.14 bits per heavy atom. The average molecular weight is 390 g/mol. The molecule has 0 spiro atoms. The zero-order valence-electron chi connectivity index (χ0n) is 17.1. The van der Waals surface area contributed by atoms with Gasteiger partial charge in [0.05, 0.1) is 0 Å². The van der Waals surface area contributed by atoms with Gasteiger partial charge in [-0.3, -0.25) is 14.5 Å². The number of amides is 2. The van der Waals surface area contributed by atoms with Crippen molar-refractivity contribution in [1.29, 1.82) is 0 Å². The first-order valence-corrected chi connectivity index (χ1v) is 9.65. The van der Waals surface area contributed by atoms with Gasteiger partial charge in [-0.25, -0.2) is 4.79 Å². The van der Waals surface area contributed by atoms with E-state index in [9.17, 15) is 14.4 Å². The highest BCUT2D eigenvalue weighted by Crippen LogP contribution is 2.15. The standard InChI is InChI=1S/C21H30N2O5/c1-16-19(25)22(12-8-11-18(24)28-21(2,3)4)13-14-23(16)20(26)27-15-17-9-6-5-7-10-17/h5-7,9-10,16H,8,11-15H2,1-4H3/t16-/m0/s1. The molecule has 0 unspecified atom stereocenters. The number of esters is 1. The number of piperazine rings is 1. The number of rotatable bonds is 6. The van der Waals surface area contributed by atoms with Gasteiger partial charge in [0.1, 0.15) is 18.2 Å². The second kappa shape index (κ2) is 9.57. The third kappa shape index (κ3) is 6.55. The van der Waals surface area contributed by atoms with Crippen LogP contribution in [0.15, 0.2) is 30.3 Å². The first-order chi connectivity index (χ1) is 13.2. The summed E-state index contributed by atoms with van der Waals surface area (Å²) in [5.41, 5.74) is 0.392. The summed E-state index contributed by atoms with van der Waals surface area (Å²) in [6, 6.07) is 8.83. The maximum atomic E-state index is 12.6. The Labute approximate surface area is 166 Å². The van der Waals surface area contributed by atoms with Crippen LogP contribution in [0.2, 0.25) is 0 Å². The summed E-state index contributed by atoms with van der Waals surface area (Å²) in [7, 11) is 0. The Balaban J connectivity index is 1.77. The molecular formula is C21H30N2O5. The predicted octanol–water partition coefficient (Wildman–Crippen LogP) is 2.98. The van der Waals surface area contributed by atoms with Crippen molar-refractivity contribution in [3.8, 4) is 0 Å². The van der Waals surface area contributed by atoms with E-state index in [0.29, 0.717) is 26.1 Å². The van der Waals surface area contributed by atoms with Gasteiger partial charge >= 0.3 is 12.1 Å². The van der Waals surface area contributed by atoms with Crippen molar-refractivity contribution in [1.82, 2.24) is 9.80 Å². The number of benzene rings is 1. The number of hydrogen-bond donors (Lipinski definition) is 0. The van der Waals surface area contributed by atoms with Gasteiger partial charge < -0.3 is 14.4 Å². The van der Waals surface area contributed by atoms with Crippen molar-refractivity contribution in [2.45, 2.75) is 58.8 Å². The molecule has 0 N–H and O–H groups in total. The highest BCUT2D eigenvalue weighted by atomic mass is 16.6. The summed E-state index contributed by atoms with van der Waals surface area (Å²) < 4.78 is 10.6. The molecule has 7 nitrogen and oxygen atoms in total. The third-order valence-electron chi connectivity index (χ3n) is 4.42. The number of carbonyl (C=O) groups is 3. The minimum absolute atomic E-state index is 0.132. The first-order valence-electron chi connectivity index (χ1n) is 9.65. The Morgan fingerprint density at radius 2 is 1.82 bits per heavy atom. The largest absolute Gasteiger partial charge is 0.460 e. The van der Waals surface area contributed by atoms with Crippen LogP contribution in [0, 0.1) is 0 Å². The summed E-state index contributed by atoms with van der Waals surface area (Å²) >= 11 is 0. The van der Waals surface area contributed by atoms with E-state index in [1.807, 2.05) is 51.1 Å². The molecule has 1 aromatic carbocycles. The van der Waals surface area contributed by atoms with Crippen molar-refractivity contribution in [3.63, 3.8) is 0 Å². The molecule has 1 fully saturated rings. The molecule has 0 radical (unpaired) electrons. The van der Waals surface area contributed by atoms with E-state index in [-0.39, 0.29) is 24.9 Å². The van der Waals surface area contributed by atoms with E-state index in [1.54, 1.807) is 11.8 Å². The molecule has 1 aliphatic heterocycles. The quantitative estimate of drug-likeness (QED) is 0.698. The molecule has 0 aromatic heterocycles. The van der Waals surface area contributed by atoms with Crippen molar-refractivity contribution in [2.24, 2.45) is 0 Å². The molecule has 2 rings (SSSR count). The molecule has 1 aromatic rings. The lowest BCUT2D eigenvalue weighted by Gasteiger charge is -2.38. The van der Waals surface area contributed by atoms with E-state index in [4.69, 9.17) is 9.47 Å². The maximum absolute atomic E-state index is 12.6. The van der Waals surface area contributed by atoms with Crippen LogP contribution in [0.5, 0.6) is 0 Å². The smallest absolute Gasteiger partial charge is 0.410 e. The molecule has 2 amide bonds. The number of hydrogen-bond acceptors (Lipinski definition) is 5. The third-order valence-corrected chi connectivity index (χ3v) is 4.42. The second-order valence-electron chi connectivity index (χ2n) is 7.92. The van der Waals surface area contributed by atoms with Crippen molar-refractivity contribution >= 4 is 18.0 Å². The summed E-state index contributed by atoms with van der Waals surface area (Å²) in [6.45, 7) is 8.66. The van der Waals surface area contributed by atoms with Crippen LogP contribution < -0.4 is 0 Å². The molecule has 0 saturated carbocycles. The van der Waals surface area contributed by atoms with Crippen LogP contribution in [0.4, 0.5) is 4.79 Å². The first kappa shape index (κ1) is 21.7. The minimum atomic E-state index is -0.585. The fourth-order valence-electron chi connectivity index (χ4n) is 3.01. The molecule has 1 atom stereocenters. The highest BCUT2D eigenvalue weighted by Gasteiger charge is 2.35. The summed E-state index contributed by atoms with van der Waals surface area (Å²) in [4.78, 5) is 39.8. The fraction of sp³-hybridized carbons (Fsp3) is 0.571. The monoisotopic (exact) mass is 390 g/mol. The van der Waals surface area contributed by atoms with Crippen LogP contribution in [-0.2, 0) is 25.7 Å². The lowest BCUT2D eigenvalue weighted by atomic mass is 10.1. The minimum Gasteiger partial charge on any atom is -0.460 e. The number of ether oxygens (including phenoxy) is 2. The maximum Gasteiger partial charge on any atom is 0.410 e. The van der Waals surface area contributed by atoms with Crippen LogP contribution >= 0.6 is 0 Å². The van der Waals surface area contributed by atoms with E-state index < -0.39 is 17.7 Å². The van der Waals surface area contributed by atoms with Gasteiger partial charge in [-0.2, -0.15) is 0 Å². The van der Waals surface area contributed by atoms with Crippen molar-refractivity contribution in [3.05, 3.63) is 35.9 Å². The molecule has 0 aliphatic carbocycles. The van der Waals surface area contributed by atoms with E-state index >= 15 is 0 Å². The van der Waals surface area contributed by atoms with Gasteiger partial charge in [-0.05, 0) is 39.7 Å². The molecule has 0 bridgehead atoms. The Kier molecular flexibility index (Phi) is 7.43. The van der Waals surface area contributed by atoms with Gasteiger partial charge in [0, 0.05) is 26.1 Å². The Bertz CT molecular complexity index is 684. The van der Waals surface area contributed by atoms with Crippen molar-refractivity contribution in [2.75, 3.05) is 19.6 Å². The topological polar surface area (TPSA) is 76.2 Å². The molecular weight excluding hydrogens is 360 g/mol. The van der Waals surface area contributed by atoms with E-state index in [0.717, 1.165) is 5.56 Å². The second-order valence-corrected chi connectivity index (χ2v) is 7.92. The van der Waals surface area contributed by atoms with Crippen LogP contribution in [-0.4, -0.2) is 59.0 Å². The Hall–Kier alpha value is -2.57. The van der Waals surface area contributed by atoms with Gasteiger partial charge in [0.15, 0.2) is 0 Å². The molecule has 1 heterocycles. The predicted molar refractivity (Wildman–Crippen MR) is 104 cm³/mol. The molecule has 1 saturated heterocycles. The Morgan fingerprint density at radius 3 is 2.46 bits per heavy atom. The van der Waals surface area contributed by atoms with E-state index in [1.165, 1.54) is 4.90 Å². The van der Waals surface area contributed by atoms with E-state index in [2.05, 4.69) is 0 Å². The normalized spacial score (nSPS) is 17.4. The summed E-state index contributed by atoms with van der Waals surface area (Å²) in [5.74, 6) is -0.400. The van der Waals surface area contributed by atoms with Crippen LogP contribution in [0.1, 0.15) is 46.1 Å². The summed E-state index contributed by atoms with van der Waals surface area (Å²) in [5, 5.41) is 0. The van der Waals surface area contributed by atoms with Crippen LogP contribution in [0.25, 0.3) is 0 Å². The number of carbonyl (C=O) groups excluding carboxylic acids is 3. The van der Waals surface area contributed by atoms with Gasteiger partial charge in [0.25, 0.3) is 0 Å². The van der Waals surface area contributed by atoms with Gasteiger partial charge in [-0.15, -0.1) is 0 Å². The lowest BCUT2D eigenvalue weighted by molar-refractivity contribution is -0.155. The molecule has 28 heavy (non-hydrogen) atoms. The van der Waals surface area contributed by atoms with Crippen molar-refractivity contribution < 1.29 is 23.9 Å². The highest BCUT2D eigenvalue weighted by molar-refractivity contribution is 5.86. The average Bonchev–Trinajstić information content (AvgIpc) is 2.62. The van der Waals surface area contributed by atoms with Crippen LogP contribution in [0.3, 0.4) is 0 Å². The molecule has 154 valence electrons. The summed E-state index contributed by atoms with van der Waals surface area (Å²) in [6.07, 6.45) is 0.308. The SMILES string of the molecule is C[C@H]1C(=O)N(CCCC(=O)OC(C)(C)C)CCN1C(=O)OCc1ccccc1. The lowest BCUT2D eigenvalue weighted by Crippen LogP contribution is -2.57. The van der Waals surface area contributed by atoms with Gasteiger partial charge in [-0.1, -0.05) is 30.3 Å². The number of nitrogens with zero attached hydrogens (tertiary/aromatic N) is 2. The zero-order valence-corrected chi connectivity index (χ0v) is 17.1. The van der Waals surface area contributed by atoms with Gasteiger partial charge in [0.2, 0.25) is 5.91 Å². The molecule has 1 aliphatic rings. The zero-order chi connectivity index (χ0) is 20.7. The fourth-order valence-corrected chi connectivity index (χ4v) is 3.01.